The van der Waals surface area contributed by atoms with Crippen LogP contribution in [0.2, 0.25) is 5.02 Å². The normalized spacial score (nSPS) is 10.8. The molecule has 140 valence electrons. The topological polar surface area (TPSA) is 21.3 Å². The van der Waals surface area contributed by atoms with Gasteiger partial charge in [0.05, 0.1) is 5.02 Å². The Morgan fingerprint density at radius 2 is 1.78 bits per heavy atom. The Balaban J connectivity index is 1.59. The van der Waals surface area contributed by atoms with Crippen LogP contribution in [0.25, 0.3) is 0 Å². The lowest BCUT2D eigenvalue weighted by Gasteiger charge is -2.14. The van der Waals surface area contributed by atoms with Crippen LogP contribution in [0.1, 0.15) is 16.7 Å². The molecule has 3 aromatic carbocycles. The first-order valence-electron chi connectivity index (χ1n) is 8.71. The summed E-state index contributed by atoms with van der Waals surface area (Å²) < 4.78 is 20.1. The fourth-order valence-corrected chi connectivity index (χ4v) is 3.35. The van der Waals surface area contributed by atoms with Gasteiger partial charge >= 0.3 is 0 Å². The zero-order chi connectivity index (χ0) is 19.1. The smallest absolute Gasteiger partial charge is 0.124 e. The van der Waals surface area contributed by atoms with Crippen LogP contribution >= 0.6 is 27.5 Å². The third-order valence-corrected chi connectivity index (χ3v) is 5.01. The molecule has 0 saturated heterocycles. The van der Waals surface area contributed by atoms with Gasteiger partial charge in [0.2, 0.25) is 0 Å². The van der Waals surface area contributed by atoms with Crippen molar-refractivity contribution in [2.24, 2.45) is 0 Å². The molecular weight excluding hydrogens is 429 g/mol. The summed E-state index contributed by atoms with van der Waals surface area (Å²) in [5, 5.41) is 3.83. The summed E-state index contributed by atoms with van der Waals surface area (Å²) in [6.07, 6.45) is 0.968. The number of benzene rings is 3. The Hall–Kier alpha value is -1.88. The van der Waals surface area contributed by atoms with Gasteiger partial charge in [-0.2, -0.15) is 0 Å². The van der Waals surface area contributed by atoms with Gasteiger partial charge in [0.25, 0.3) is 0 Å². The van der Waals surface area contributed by atoms with Gasteiger partial charge in [-0.1, -0.05) is 63.9 Å². The van der Waals surface area contributed by atoms with Gasteiger partial charge < -0.3 is 10.1 Å². The molecule has 0 unspecified atom stereocenters. The molecule has 3 aromatic rings. The van der Waals surface area contributed by atoms with E-state index in [0.29, 0.717) is 11.6 Å². The molecule has 27 heavy (non-hydrogen) atoms. The summed E-state index contributed by atoms with van der Waals surface area (Å²) in [5.41, 5.74) is 3.11. The lowest BCUT2D eigenvalue weighted by atomic mass is 10.1. The molecule has 3 rings (SSSR count). The molecule has 0 atom stereocenters. The highest BCUT2D eigenvalue weighted by Gasteiger charge is 2.08. The number of hydrogen-bond donors (Lipinski definition) is 1. The van der Waals surface area contributed by atoms with Gasteiger partial charge in [-0.05, 0) is 48.9 Å². The fourth-order valence-electron chi connectivity index (χ4n) is 2.72. The van der Waals surface area contributed by atoms with Crippen LogP contribution in [0.4, 0.5) is 4.39 Å². The Kier molecular flexibility index (Phi) is 7.27. The monoisotopic (exact) mass is 447 g/mol. The Labute approximate surface area is 172 Å². The summed E-state index contributed by atoms with van der Waals surface area (Å²) in [7, 11) is 0. The van der Waals surface area contributed by atoms with Crippen molar-refractivity contribution in [1.29, 1.82) is 0 Å². The molecule has 0 saturated carbocycles. The van der Waals surface area contributed by atoms with E-state index in [2.05, 4.69) is 45.5 Å². The van der Waals surface area contributed by atoms with Crippen molar-refractivity contribution >= 4 is 27.5 Å². The summed E-state index contributed by atoms with van der Waals surface area (Å²) >= 11 is 9.59. The lowest BCUT2D eigenvalue weighted by Crippen LogP contribution is -2.17. The molecule has 2 nitrogen and oxygen atoms in total. The minimum absolute atomic E-state index is 0.289. The quantitative estimate of drug-likeness (QED) is 0.417. The molecule has 0 radical (unpaired) electrons. The average molecular weight is 449 g/mol. The number of nitrogens with one attached hydrogen (secondary N) is 1. The van der Waals surface area contributed by atoms with Gasteiger partial charge in [-0.3, -0.25) is 0 Å². The Bertz CT molecular complexity index is 889. The van der Waals surface area contributed by atoms with Crippen molar-refractivity contribution in [3.05, 3.63) is 98.7 Å². The first kappa shape index (κ1) is 19.9. The van der Waals surface area contributed by atoms with E-state index in [1.807, 2.05) is 24.3 Å². The molecule has 0 aliphatic carbocycles. The van der Waals surface area contributed by atoms with Gasteiger partial charge in [0.15, 0.2) is 0 Å². The average Bonchev–Trinajstić information content (AvgIpc) is 2.66. The summed E-state index contributed by atoms with van der Waals surface area (Å²) in [6, 6.07) is 20.6. The van der Waals surface area contributed by atoms with Crippen molar-refractivity contribution in [3.63, 3.8) is 0 Å². The molecule has 1 N–H and O–H groups in total. The van der Waals surface area contributed by atoms with E-state index in [4.69, 9.17) is 16.3 Å². The Morgan fingerprint density at radius 3 is 2.56 bits per heavy atom. The molecule has 0 aliphatic rings. The van der Waals surface area contributed by atoms with Crippen LogP contribution < -0.4 is 10.1 Å². The van der Waals surface area contributed by atoms with E-state index in [9.17, 15) is 4.39 Å². The number of ether oxygens (including phenoxy) is 1. The highest BCUT2D eigenvalue weighted by Crippen LogP contribution is 2.25. The molecule has 0 spiro atoms. The molecular formula is C22H20BrClFNO. The van der Waals surface area contributed by atoms with E-state index in [0.717, 1.165) is 34.3 Å². The van der Waals surface area contributed by atoms with Crippen LogP contribution in [-0.4, -0.2) is 6.54 Å². The predicted molar refractivity (Wildman–Crippen MR) is 112 cm³/mol. The van der Waals surface area contributed by atoms with Crippen LogP contribution in [0.5, 0.6) is 5.75 Å². The van der Waals surface area contributed by atoms with E-state index in [-0.39, 0.29) is 12.4 Å². The van der Waals surface area contributed by atoms with E-state index >= 15 is 0 Å². The fraction of sp³-hybridized carbons (Fsp3) is 0.182. The van der Waals surface area contributed by atoms with Crippen molar-refractivity contribution < 1.29 is 9.13 Å². The molecule has 0 bridgehead atoms. The zero-order valence-electron chi connectivity index (χ0n) is 14.7. The maximum absolute atomic E-state index is 13.2. The zero-order valence-corrected chi connectivity index (χ0v) is 17.1. The summed E-state index contributed by atoms with van der Waals surface area (Å²) in [5.74, 6) is 0.432. The van der Waals surface area contributed by atoms with Crippen molar-refractivity contribution in [1.82, 2.24) is 5.32 Å². The van der Waals surface area contributed by atoms with E-state index in [1.54, 1.807) is 6.07 Å². The van der Waals surface area contributed by atoms with Crippen LogP contribution in [0, 0.1) is 5.82 Å². The van der Waals surface area contributed by atoms with Crippen molar-refractivity contribution in [2.75, 3.05) is 6.54 Å². The number of rotatable bonds is 8. The van der Waals surface area contributed by atoms with Crippen LogP contribution in [0.15, 0.2) is 71.2 Å². The second-order valence-corrected chi connectivity index (χ2v) is 7.51. The summed E-state index contributed by atoms with van der Waals surface area (Å²) in [4.78, 5) is 0. The van der Waals surface area contributed by atoms with Crippen LogP contribution in [-0.2, 0) is 19.6 Å². The van der Waals surface area contributed by atoms with Crippen LogP contribution in [0.3, 0.4) is 0 Å². The molecule has 0 aromatic heterocycles. The standard InChI is InChI=1S/C22H20BrClFNO/c23-19-7-9-22(27-15-17-6-8-20(25)13-21(17)24)18(12-19)14-26-11-10-16-4-2-1-3-5-16/h1-9,12-13,26H,10-11,14-15H2. The highest BCUT2D eigenvalue weighted by molar-refractivity contribution is 9.10. The lowest BCUT2D eigenvalue weighted by molar-refractivity contribution is 0.302. The SMILES string of the molecule is Fc1ccc(COc2ccc(Br)cc2CNCCc2ccccc2)c(Cl)c1. The maximum Gasteiger partial charge on any atom is 0.124 e. The second kappa shape index (κ2) is 9.88. The first-order chi connectivity index (χ1) is 13.1. The number of halogens is 3. The predicted octanol–water partition coefficient (Wildman–Crippen LogP) is 6.15. The molecule has 0 amide bonds. The van der Waals surface area contributed by atoms with Crippen molar-refractivity contribution in [2.45, 2.75) is 19.6 Å². The van der Waals surface area contributed by atoms with E-state index < -0.39 is 0 Å². The van der Waals surface area contributed by atoms with Crippen molar-refractivity contribution in [3.8, 4) is 5.75 Å². The number of hydrogen-bond acceptors (Lipinski definition) is 2. The molecule has 0 fully saturated rings. The third-order valence-electron chi connectivity index (χ3n) is 4.17. The minimum atomic E-state index is -0.351. The second-order valence-electron chi connectivity index (χ2n) is 6.19. The first-order valence-corrected chi connectivity index (χ1v) is 9.89. The highest BCUT2D eigenvalue weighted by atomic mass is 79.9. The summed E-state index contributed by atoms with van der Waals surface area (Å²) in [6.45, 7) is 1.86. The molecule has 0 heterocycles. The largest absolute Gasteiger partial charge is 0.489 e. The van der Waals surface area contributed by atoms with Gasteiger partial charge in [-0.25, -0.2) is 4.39 Å². The minimum Gasteiger partial charge on any atom is -0.489 e. The third kappa shape index (κ3) is 6.06. The van der Waals surface area contributed by atoms with Gasteiger partial charge in [0.1, 0.15) is 18.2 Å². The molecule has 0 aliphatic heterocycles. The molecule has 5 heteroatoms. The van der Waals surface area contributed by atoms with Gasteiger partial charge in [-0.15, -0.1) is 0 Å². The Morgan fingerprint density at radius 1 is 0.963 bits per heavy atom. The van der Waals surface area contributed by atoms with E-state index in [1.165, 1.54) is 17.7 Å². The maximum atomic E-state index is 13.2. The van der Waals surface area contributed by atoms with Gasteiger partial charge in [0, 0.05) is 22.1 Å².